The van der Waals surface area contributed by atoms with Gasteiger partial charge in [0.15, 0.2) is 17.3 Å². The summed E-state index contributed by atoms with van der Waals surface area (Å²) in [5.74, 6) is 3.04. The maximum atomic E-state index is 12.0. The van der Waals surface area contributed by atoms with Crippen molar-refractivity contribution in [2.45, 2.75) is 19.8 Å². The lowest BCUT2D eigenvalue weighted by molar-refractivity contribution is 0.354. The number of nitrogens with one attached hydrogen (secondary N) is 1. The molecule has 0 aliphatic rings. The van der Waals surface area contributed by atoms with Crippen LogP contribution in [0.5, 0.6) is 11.5 Å². The van der Waals surface area contributed by atoms with Crippen molar-refractivity contribution < 1.29 is 14.0 Å². The molecule has 28 heavy (non-hydrogen) atoms. The van der Waals surface area contributed by atoms with E-state index < -0.39 is 0 Å². The fraction of sp³-hybridized carbons (Fsp3) is 0.278. The summed E-state index contributed by atoms with van der Waals surface area (Å²) >= 11 is 0. The Morgan fingerprint density at radius 3 is 2.68 bits per heavy atom. The van der Waals surface area contributed by atoms with Crippen molar-refractivity contribution in [2.24, 2.45) is 0 Å². The van der Waals surface area contributed by atoms with Crippen molar-refractivity contribution in [3.8, 4) is 11.5 Å². The number of methoxy groups -OCH3 is 2. The SMILES string of the molecule is COc1ccc(Cc2noc(Cc3nc4nc(C)cc(=O)n4[nH]3)n2)cc1OC. The zero-order chi connectivity index (χ0) is 19.7. The standard InChI is InChI=1S/C18H18N6O4/c1-10-6-17(25)24-18(19-10)21-14(22-24)9-16-20-15(23-28-16)8-11-4-5-12(26-2)13(7-11)27-3/h4-7H,8-9H2,1-3H3,(H,19,21,22). The maximum Gasteiger partial charge on any atom is 0.274 e. The van der Waals surface area contributed by atoms with Crippen LogP contribution in [0.15, 0.2) is 33.6 Å². The smallest absolute Gasteiger partial charge is 0.274 e. The molecular formula is C18H18N6O4. The van der Waals surface area contributed by atoms with E-state index in [1.165, 1.54) is 10.6 Å². The molecule has 0 spiro atoms. The molecule has 0 aliphatic carbocycles. The van der Waals surface area contributed by atoms with Crippen LogP contribution in [0.3, 0.4) is 0 Å². The van der Waals surface area contributed by atoms with E-state index in [9.17, 15) is 4.79 Å². The number of benzene rings is 1. The summed E-state index contributed by atoms with van der Waals surface area (Å²) in [5.41, 5.74) is 1.35. The third-order valence-corrected chi connectivity index (χ3v) is 4.14. The lowest BCUT2D eigenvalue weighted by atomic mass is 10.1. The Balaban J connectivity index is 1.52. The van der Waals surface area contributed by atoms with E-state index in [2.05, 4.69) is 25.2 Å². The highest BCUT2D eigenvalue weighted by molar-refractivity contribution is 5.43. The average molecular weight is 382 g/mol. The van der Waals surface area contributed by atoms with Crippen molar-refractivity contribution in [1.82, 2.24) is 29.7 Å². The normalized spacial score (nSPS) is 11.1. The zero-order valence-electron chi connectivity index (χ0n) is 15.6. The zero-order valence-corrected chi connectivity index (χ0v) is 15.6. The Bertz CT molecular complexity index is 1190. The molecule has 1 aromatic carbocycles. The molecule has 10 nitrogen and oxygen atoms in total. The lowest BCUT2D eigenvalue weighted by Crippen LogP contribution is -2.14. The monoisotopic (exact) mass is 382 g/mol. The highest BCUT2D eigenvalue weighted by atomic mass is 16.5. The second-order valence-electron chi connectivity index (χ2n) is 6.19. The van der Waals surface area contributed by atoms with Gasteiger partial charge in [0, 0.05) is 18.2 Å². The van der Waals surface area contributed by atoms with Crippen molar-refractivity contribution in [3.05, 3.63) is 63.4 Å². The molecule has 0 radical (unpaired) electrons. The van der Waals surface area contributed by atoms with E-state index in [1.54, 1.807) is 21.1 Å². The van der Waals surface area contributed by atoms with Gasteiger partial charge in [0.05, 0.1) is 20.6 Å². The fourth-order valence-corrected chi connectivity index (χ4v) is 2.87. The van der Waals surface area contributed by atoms with Gasteiger partial charge in [0.1, 0.15) is 5.82 Å². The third-order valence-electron chi connectivity index (χ3n) is 4.14. The van der Waals surface area contributed by atoms with E-state index in [4.69, 9.17) is 14.0 Å². The lowest BCUT2D eigenvalue weighted by Gasteiger charge is -2.08. The van der Waals surface area contributed by atoms with Crippen LogP contribution in [-0.2, 0) is 12.8 Å². The quantitative estimate of drug-likeness (QED) is 0.530. The molecule has 3 heterocycles. The van der Waals surface area contributed by atoms with Crippen LogP contribution in [0, 0.1) is 6.92 Å². The summed E-state index contributed by atoms with van der Waals surface area (Å²) in [7, 11) is 3.18. The van der Waals surface area contributed by atoms with Crippen LogP contribution in [-0.4, -0.2) is 43.9 Å². The van der Waals surface area contributed by atoms with E-state index in [0.717, 1.165) is 5.56 Å². The van der Waals surface area contributed by atoms with Gasteiger partial charge < -0.3 is 14.0 Å². The largest absolute Gasteiger partial charge is 0.493 e. The van der Waals surface area contributed by atoms with Crippen molar-refractivity contribution >= 4 is 5.78 Å². The van der Waals surface area contributed by atoms with Gasteiger partial charge in [-0.25, -0.2) is 4.98 Å². The van der Waals surface area contributed by atoms with Gasteiger partial charge in [-0.2, -0.15) is 14.5 Å². The van der Waals surface area contributed by atoms with Crippen molar-refractivity contribution in [2.75, 3.05) is 14.2 Å². The number of fused-ring (bicyclic) bond motifs is 1. The van der Waals surface area contributed by atoms with Crippen LogP contribution in [0.1, 0.15) is 28.8 Å². The molecule has 0 atom stereocenters. The van der Waals surface area contributed by atoms with Gasteiger partial charge in [-0.05, 0) is 24.6 Å². The number of nitrogens with zero attached hydrogens (tertiary/aromatic N) is 5. The van der Waals surface area contributed by atoms with Crippen molar-refractivity contribution in [1.29, 1.82) is 0 Å². The Hall–Kier alpha value is -3.69. The fourth-order valence-electron chi connectivity index (χ4n) is 2.87. The number of hydrogen-bond acceptors (Lipinski definition) is 8. The second-order valence-corrected chi connectivity index (χ2v) is 6.19. The first-order valence-electron chi connectivity index (χ1n) is 8.53. The van der Waals surface area contributed by atoms with E-state index in [0.29, 0.717) is 46.9 Å². The van der Waals surface area contributed by atoms with Crippen LogP contribution in [0.25, 0.3) is 5.78 Å². The molecule has 3 aromatic heterocycles. The number of hydrogen-bond donors (Lipinski definition) is 1. The Labute approximate surface area is 159 Å². The molecular weight excluding hydrogens is 364 g/mol. The van der Waals surface area contributed by atoms with E-state index >= 15 is 0 Å². The highest BCUT2D eigenvalue weighted by Crippen LogP contribution is 2.28. The molecule has 1 N–H and O–H groups in total. The minimum atomic E-state index is -0.221. The minimum Gasteiger partial charge on any atom is -0.493 e. The molecule has 0 amide bonds. The summed E-state index contributed by atoms with van der Waals surface area (Å²) < 4.78 is 17.1. The number of ether oxygens (including phenoxy) is 2. The summed E-state index contributed by atoms with van der Waals surface area (Å²) in [6.45, 7) is 1.74. The molecule has 0 fully saturated rings. The first-order valence-corrected chi connectivity index (χ1v) is 8.53. The molecule has 144 valence electrons. The van der Waals surface area contributed by atoms with Crippen molar-refractivity contribution in [3.63, 3.8) is 0 Å². The Kier molecular flexibility index (Phi) is 4.52. The molecule has 0 bridgehead atoms. The number of aryl methyl sites for hydroxylation is 1. The first kappa shape index (κ1) is 17.7. The topological polar surface area (TPSA) is 120 Å². The third kappa shape index (κ3) is 3.43. The summed E-state index contributed by atoms with van der Waals surface area (Å²) in [6.07, 6.45) is 0.741. The molecule has 0 aliphatic heterocycles. The molecule has 0 saturated heterocycles. The molecule has 0 unspecified atom stereocenters. The molecule has 4 aromatic rings. The summed E-state index contributed by atoms with van der Waals surface area (Å²) in [6, 6.07) is 7.05. The predicted octanol–water partition coefficient (Wildman–Crippen LogP) is 1.31. The highest BCUT2D eigenvalue weighted by Gasteiger charge is 2.13. The first-order chi connectivity index (χ1) is 13.6. The van der Waals surface area contributed by atoms with E-state index in [1.807, 2.05) is 18.2 Å². The Morgan fingerprint density at radius 1 is 1.07 bits per heavy atom. The average Bonchev–Trinajstić information content (AvgIpc) is 3.28. The van der Waals surface area contributed by atoms with Crippen LogP contribution in [0.4, 0.5) is 0 Å². The van der Waals surface area contributed by atoms with Crippen LogP contribution in [0.2, 0.25) is 0 Å². The van der Waals surface area contributed by atoms with Gasteiger partial charge in [0.2, 0.25) is 5.89 Å². The molecule has 4 rings (SSSR count). The van der Waals surface area contributed by atoms with Gasteiger partial charge in [-0.1, -0.05) is 11.2 Å². The minimum absolute atomic E-state index is 0.221. The maximum absolute atomic E-state index is 12.0. The summed E-state index contributed by atoms with van der Waals surface area (Å²) in [4.78, 5) is 24.9. The number of rotatable bonds is 6. The molecule has 0 saturated carbocycles. The number of H-pyrrole nitrogens is 1. The number of aromatic nitrogens is 6. The second kappa shape index (κ2) is 7.14. The molecule has 10 heteroatoms. The van der Waals surface area contributed by atoms with Gasteiger partial charge in [-0.15, -0.1) is 0 Å². The van der Waals surface area contributed by atoms with Gasteiger partial charge in [-0.3, -0.25) is 9.89 Å². The van der Waals surface area contributed by atoms with Gasteiger partial charge >= 0.3 is 0 Å². The van der Waals surface area contributed by atoms with Gasteiger partial charge in [0.25, 0.3) is 11.3 Å². The number of aromatic amines is 1. The van der Waals surface area contributed by atoms with Crippen LogP contribution >= 0.6 is 0 Å². The summed E-state index contributed by atoms with van der Waals surface area (Å²) in [5, 5.41) is 6.91. The van der Waals surface area contributed by atoms with Crippen LogP contribution < -0.4 is 15.0 Å². The Morgan fingerprint density at radius 2 is 1.89 bits per heavy atom. The predicted molar refractivity (Wildman–Crippen MR) is 97.8 cm³/mol. The van der Waals surface area contributed by atoms with E-state index in [-0.39, 0.29) is 12.0 Å².